The smallest absolute Gasteiger partial charge is 0.407 e. The van der Waals surface area contributed by atoms with Crippen LogP contribution in [-0.4, -0.2) is 93.1 Å². The lowest BCUT2D eigenvalue weighted by molar-refractivity contribution is -0.136. The molecule has 4 N–H and O–H groups in total. The third kappa shape index (κ3) is 6.92. The molecule has 0 aliphatic carbocycles. The van der Waals surface area contributed by atoms with E-state index in [0.29, 0.717) is 13.1 Å². The number of hydrogen-bond donors (Lipinski definition) is 4. The van der Waals surface area contributed by atoms with Crippen molar-refractivity contribution in [3.63, 3.8) is 0 Å². The van der Waals surface area contributed by atoms with Gasteiger partial charge in [0.2, 0.25) is 11.8 Å². The molecule has 16 heteroatoms. The van der Waals surface area contributed by atoms with Crippen LogP contribution in [0.4, 0.5) is 9.59 Å². The van der Waals surface area contributed by atoms with Crippen LogP contribution in [0, 0.1) is 11.8 Å². The molecule has 54 heavy (non-hydrogen) atoms. The number of H-pyrrole nitrogens is 2. The van der Waals surface area contributed by atoms with Crippen LogP contribution in [0.2, 0.25) is 0 Å². The average molecular weight is 775 g/mol. The standard InChI is InChI=1S/C38H46N8O6S2/c1-19(2)28(43-37(49)51-5)35(47)45-14-8-12-26(45)33-39-16-25(41-33)23-18-54-31-22(17-53-32(23)31)21-10-7-11-24-30(21)42-34(40-24)27-13-9-15-46(27)36(48)29(20(3)4)44-38(50)52-6/h7,10-11,16-20,26-29H,8-9,12-15H2,1-6H3,(H,39,41)(H,40,42)(H,43,49)(H,44,50). The summed E-state index contributed by atoms with van der Waals surface area (Å²) in [5.41, 5.74) is 5.74. The number of nitrogens with one attached hydrogen (secondary N) is 4. The zero-order valence-corrected chi connectivity index (χ0v) is 32.9. The highest BCUT2D eigenvalue weighted by Crippen LogP contribution is 2.46. The number of imidazole rings is 2. The third-order valence-electron chi connectivity index (χ3n) is 10.5. The molecule has 2 saturated heterocycles. The van der Waals surface area contributed by atoms with Gasteiger partial charge in [-0.25, -0.2) is 19.6 Å². The Morgan fingerprint density at radius 2 is 1.33 bits per heavy atom. The number of para-hydroxylation sites is 1. The van der Waals surface area contributed by atoms with Gasteiger partial charge < -0.3 is 39.9 Å². The molecule has 6 heterocycles. The van der Waals surface area contributed by atoms with Gasteiger partial charge in [0.1, 0.15) is 23.7 Å². The van der Waals surface area contributed by atoms with Crippen molar-refractivity contribution in [3.8, 4) is 22.4 Å². The number of hydrogen-bond acceptors (Lipinski definition) is 10. The quantitative estimate of drug-likeness (QED) is 0.118. The molecule has 2 aliphatic rings. The second-order valence-corrected chi connectivity index (χ2v) is 16.3. The molecule has 2 aliphatic heterocycles. The van der Waals surface area contributed by atoms with Gasteiger partial charge in [0.25, 0.3) is 0 Å². The van der Waals surface area contributed by atoms with Gasteiger partial charge in [-0.15, -0.1) is 22.7 Å². The normalized spacial score (nSPS) is 18.5. The Hall–Kier alpha value is -4.96. The number of amides is 4. The number of alkyl carbamates (subject to hydrolysis) is 2. The van der Waals surface area contributed by atoms with Crippen LogP contribution in [0.1, 0.15) is 77.1 Å². The maximum Gasteiger partial charge on any atom is 0.407 e. The number of thiophene rings is 2. The fourth-order valence-corrected chi connectivity index (χ4v) is 10.1. The van der Waals surface area contributed by atoms with E-state index in [1.54, 1.807) is 22.7 Å². The molecule has 0 radical (unpaired) electrons. The molecule has 2 fully saturated rings. The van der Waals surface area contributed by atoms with Crippen molar-refractivity contribution in [2.24, 2.45) is 11.8 Å². The summed E-state index contributed by atoms with van der Waals surface area (Å²) in [5.74, 6) is 0.931. The lowest BCUT2D eigenvalue weighted by Crippen LogP contribution is -2.51. The highest BCUT2D eigenvalue weighted by atomic mass is 32.1. The van der Waals surface area contributed by atoms with Crippen LogP contribution >= 0.6 is 22.7 Å². The summed E-state index contributed by atoms with van der Waals surface area (Å²) in [5, 5.41) is 9.73. The van der Waals surface area contributed by atoms with Gasteiger partial charge in [0.15, 0.2) is 0 Å². The van der Waals surface area contributed by atoms with Gasteiger partial charge in [-0.2, -0.15) is 0 Å². The van der Waals surface area contributed by atoms with Crippen molar-refractivity contribution in [3.05, 3.63) is 46.8 Å². The van der Waals surface area contributed by atoms with Gasteiger partial charge in [0.05, 0.1) is 58.6 Å². The number of benzene rings is 1. The predicted octanol–water partition coefficient (Wildman–Crippen LogP) is 6.98. The fraction of sp³-hybridized carbons (Fsp3) is 0.474. The van der Waals surface area contributed by atoms with Gasteiger partial charge in [-0.1, -0.05) is 39.8 Å². The largest absolute Gasteiger partial charge is 0.453 e. The summed E-state index contributed by atoms with van der Waals surface area (Å²) in [6, 6.07) is 4.24. The van der Waals surface area contributed by atoms with Gasteiger partial charge >= 0.3 is 12.2 Å². The number of rotatable bonds is 10. The minimum Gasteiger partial charge on any atom is -0.453 e. The molecular weight excluding hydrogens is 729 g/mol. The van der Waals surface area contributed by atoms with Crippen molar-refractivity contribution in [1.82, 2.24) is 40.4 Å². The van der Waals surface area contributed by atoms with Crippen LogP contribution in [0.3, 0.4) is 0 Å². The van der Waals surface area contributed by atoms with E-state index in [2.05, 4.69) is 37.4 Å². The van der Waals surface area contributed by atoms with E-state index in [9.17, 15) is 19.2 Å². The van der Waals surface area contributed by atoms with E-state index in [1.165, 1.54) is 14.2 Å². The maximum absolute atomic E-state index is 13.7. The molecule has 5 aromatic rings. The summed E-state index contributed by atoms with van der Waals surface area (Å²) < 4.78 is 11.8. The van der Waals surface area contributed by atoms with E-state index in [-0.39, 0.29) is 35.7 Å². The first kappa shape index (κ1) is 37.4. The van der Waals surface area contributed by atoms with Crippen LogP contribution in [0.25, 0.3) is 42.8 Å². The van der Waals surface area contributed by atoms with E-state index >= 15 is 0 Å². The number of likely N-dealkylation sites (tertiary alicyclic amines) is 2. The second-order valence-electron chi connectivity index (χ2n) is 14.6. The van der Waals surface area contributed by atoms with E-state index in [4.69, 9.17) is 19.4 Å². The number of carbonyl (C=O) groups is 4. The lowest BCUT2D eigenvalue weighted by atomic mass is 10.0. The SMILES string of the molecule is COC(=O)NC(C(=O)N1CCCC1c1ncc(-c2csc3c(-c4cccc5[nH]c(C6CCCN6C(=O)C(NC(=O)OC)C(C)C)nc45)csc23)[nH]1)C(C)C. The monoisotopic (exact) mass is 774 g/mol. The Kier molecular flexibility index (Phi) is 10.7. The fourth-order valence-electron chi connectivity index (χ4n) is 7.65. The van der Waals surface area contributed by atoms with Gasteiger partial charge in [0, 0.05) is 40.5 Å². The van der Waals surface area contributed by atoms with Gasteiger partial charge in [-0.3, -0.25) is 9.59 Å². The number of aromatic amines is 2. The topological polar surface area (TPSA) is 175 Å². The summed E-state index contributed by atoms with van der Waals surface area (Å²) in [6.45, 7) is 8.78. The molecule has 4 amide bonds. The highest BCUT2D eigenvalue weighted by molar-refractivity contribution is 7.27. The molecule has 14 nitrogen and oxygen atoms in total. The number of aromatic nitrogens is 4. The number of ether oxygens (including phenoxy) is 2. The van der Waals surface area contributed by atoms with E-state index in [0.717, 1.165) is 80.1 Å². The molecule has 1 aromatic carbocycles. The number of carbonyl (C=O) groups excluding carboxylic acids is 4. The minimum atomic E-state index is -0.705. The number of methoxy groups -OCH3 is 2. The summed E-state index contributed by atoms with van der Waals surface area (Å²) in [4.78, 5) is 72.0. The zero-order valence-electron chi connectivity index (χ0n) is 31.2. The van der Waals surface area contributed by atoms with Crippen molar-refractivity contribution >= 4 is 67.1 Å². The first-order chi connectivity index (χ1) is 26.0. The molecule has 286 valence electrons. The molecule has 4 aromatic heterocycles. The Balaban J connectivity index is 1.14. The number of nitrogens with zero attached hydrogens (tertiary/aromatic N) is 4. The number of fused-ring (bicyclic) bond motifs is 2. The Labute approximate surface area is 321 Å². The summed E-state index contributed by atoms with van der Waals surface area (Å²) >= 11 is 3.33. The van der Waals surface area contributed by atoms with Gasteiger partial charge in [-0.05, 0) is 43.6 Å². The molecule has 4 unspecified atom stereocenters. The second kappa shape index (κ2) is 15.4. The first-order valence-electron chi connectivity index (χ1n) is 18.3. The first-order valence-corrected chi connectivity index (χ1v) is 20.1. The Morgan fingerprint density at radius 3 is 1.91 bits per heavy atom. The molecular formula is C38H46N8O6S2. The lowest BCUT2D eigenvalue weighted by Gasteiger charge is -2.30. The van der Waals surface area contributed by atoms with E-state index < -0.39 is 24.3 Å². The molecule has 7 rings (SSSR count). The predicted molar refractivity (Wildman–Crippen MR) is 208 cm³/mol. The Morgan fingerprint density at radius 1 is 0.778 bits per heavy atom. The minimum absolute atomic E-state index is 0.114. The molecule has 0 spiro atoms. The van der Waals surface area contributed by atoms with Crippen LogP contribution < -0.4 is 10.6 Å². The van der Waals surface area contributed by atoms with Crippen LogP contribution in [0.5, 0.6) is 0 Å². The van der Waals surface area contributed by atoms with Crippen LogP contribution in [-0.2, 0) is 19.1 Å². The summed E-state index contributed by atoms with van der Waals surface area (Å²) in [7, 11) is 2.58. The summed E-state index contributed by atoms with van der Waals surface area (Å²) in [6.07, 6.45) is 3.80. The van der Waals surface area contributed by atoms with Crippen molar-refractivity contribution in [2.45, 2.75) is 77.5 Å². The van der Waals surface area contributed by atoms with Crippen molar-refractivity contribution in [1.29, 1.82) is 0 Å². The molecule has 0 bridgehead atoms. The van der Waals surface area contributed by atoms with Crippen molar-refractivity contribution < 1.29 is 28.7 Å². The Bertz CT molecular complexity index is 2190. The van der Waals surface area contributed by atoms with Crippen LogP contribution in [0.15, 0.2) is 35.2 Å². The van der Waals surface area contributed by atoms with Crippen molar-refractivity contribution in [2.75, 3.05) is 27.3 Å². The zero-order chi connectivity index (χ0) is 38.3. The van der Waals surface area contributed by atoms with E-state index in [1.807, 2.05) is 55.8 Å². The third-order valence-corrected chi connectivity index (χ3v) is 12.6. The molecule has 4 atom stereocenters. The molecule has 0 saturated carbocycles. The maximum atomic E-state index is 13.7. The highest BCUT2D eigenvalue weighted by Gasteiger charge is 2.39. The average Bonchev–Trinajstić information content (AvgIpc) is 4.00.